The second-order valence-corrected chi connectivity index (χ2v) is 8.33. The molecule has 3 heterocycles. The summed E-state index contributed by atoms with van der Waals surface area (Å²) in [7, 11) is 0. The van der Waals surface area contributed by atoms with Crippen molar-refractivity contribution in [3.05, 3.63) is 67.0 Å². The van der Waals surface area contributed by atoms with Crippen LogP contribution in [0.3, 0.4) is 0 Å². The first-order valence-electron chi connectivity index (χ1n) is 8.27. The van der Waals surface area contributed by atoms with Crippen LogP contribution in [0.2, 0.25) is 10.0 Å². The first kappa shape index (κ1) is 18.9. The zero-order valence-corrected chi connectivity index (χ0v) is 17.2. The molecule has 28 heavy (non-hydrogen) atoms. The zero-order valence-electron chi connectivity index (χ0n) is 14.8. The number of urea groups is 1. The lowest BCUT2D eigenvalue weighted by Gasteiger charge is -2.23. The second kappa shape index (κ2) is 6.58. The van der Waals surface area contributed by atoms with Gasteiger partial charge in [-0.05, 0) is 26.0 Å². The average molecular weight is 437 g/mol. The molecule has 1 aromatic carbocycles. The Morgan fingerprint density at radius 3 is 2.68 bits per heavy atom. The Balaban J connectivity index is 1.69. The van der Waals surface area contributed by atoms with E-state index in [4.69, 9.17) is 23.2 Å². The first-order valence-corrected chi connectivity index (χ1v) is 9.90. The van der Waals surface area contributed by atoms with Crippen LogP contribution in [0.25, 0.3) is 4.96 Å². The van der Waals surface area contributed by atoms with E-state index in [1.54, 1.807) is 19.1 Å². The highest BCUT2D eigenvalue weighted by Crippen LogP contribution is 2.35. The maximum atomic E-state index is 13.1. The Bertz CT molecular complexity index is 1210. The molecule has 1 aliphatic heterocycles. The SMILES string of the molecule is Cc1csc2nc(CN3C(=O)NC(C)(c4ccc(Cl)cc4Cl)C3=O)cc(=O)n12. The van der Waals surface area contributed by atoms with E-state index in [0.717, 1.165) is 10.6 Å². The number of imide groups is 1. The average Bonchev–Trinajstić information content (AvgIpc) is 3.08. The van der Waals surface area contributed by atoms with Crippen LogP contribution in [0.5, 0.6) is 0 Å². The number of nitrogens with one attached hydrogen (secondary N) is 1. The van der Waals surface area contributed by atoms with Crippen LogP contribution in [0.1, 0.15) is 23.9 Å². The number of nitrogens with zero attached hydrogens (tertiary/aromatic N) is 3. The van der Waals surface area contributed by atoms with Crippen LogP contribution in [0, 0.1) is 6.92 Å². The van der Waals surface area contributed by atoms with Gasteiger partial charge in [0.05, 0.1) is 12.2 Å². The van der Waals surface area contributed by atoms with E-state index in [9.17, 15) is 14.4 Å². The standard InChI is InChI=1S/C18H14Cl2N4O3S/c1-9-8-28-17-21-11(6-14(25)24(9)17)7-23-15(26)18(2,22-16(23)27)12-4-3-10(19)5-13(12)20/h3-6,8H,7H2,1-2H3,(H,22,27). The minimum Gasteiger partial charge on any atom is -0.319 e. The molecule has 3 amide bonds. The molecular weight excluding hydrogens is 423 g/mol. The first-order chi connectivity index (χ1) is 13.2. The van der Waals surface area contributed by atoms with Crippen LogP contribution >= 0.6 is 34.5 Å². The number of hydrogen-bond acceptors (Lipinski definition) is 5. The monoisotopic (exact) mass is 436 g/mol. The van der Waals surface area contributed by atoms with Gasteiger partial charge in [0.15, 0.2) is 4.96 Å². The number of carbonyl (C=O) groups excluding carboxylic acids is 2. The van der Waals surface area contributed by atoms with Gasteiger partial charge < -0.3 is 5.32 Å². The molecule has 1 atom stereocenters. The van der Waals surface area contributed by atoms with Crippen molar-refractivity contribution in [2.75, 3.05) is 0 Å². The van der Waals surface area contributed by atoms with Crippen molar-refractivity contribution < 1.29 is 9.59 Å². The van der Waals surface area contributed by atoms with Gasteiger partial charge in [-0.2, -0.15) is 0 Å². The van der Waals surface area contributed by atoms with Crippen LogP contribution in [-0.2, 0) is 16.9 Å². The summed E-state index contributed by atoms with van der Waals surface area (Å²) in [6.45, 7) is 3.27. The lowest BCUT2D eigenvalue weighted by Crippen LogP contribution is -2.41. The van der Waals surface area contributed by atoms with Crippen LogP contribution in [0.15, 0.2) is 34.4 Å². The van der Waals surface area contributed by atoms with Gasteiger partial charge >= 0.3 is 6.03 Å². The maximum Gasteiger partial charge on any atom is 0.325 e. The molecule has 2 aromatic heterocycles. The van der Waals surface area contributed by atoms with E-state index in [0.29, 0.717) is 21.2 Å². The molecule has 0 radical (unpaired) electrons. The molecule has 4 rings (SSSR count). The Kier molecular flexibility index (Phi) is 4.45. The van der Waals surface area contributed by atoms with E-state index in [1.807, 2.05) is 12.3 Å². The van der Waals surface area contributed by atoms with E-state index in [1.165, 1.54) is 27.9 Å². The van der Waals surface area contributed by atoms with Gasteiger partial charge in [0.1, 0.15) is 5.54 Å². The van der Waals surface area contributed by atoms with Crippen LogP contribution in [-0.4, -0.2) is 26.2 Å². The van der Waals surface area contributed by atoms with Crippen molar-refractivity contribution in [2.45, 2.75) is 25.9 Å². The van der Waals surface area contributed by atoms with Gasteiger partial charge in [-0.3, -0.25) is 18.9 Å². The molecule has 0 aliphatic carbocycles. The Morgan fingerprint density at radius 1 is 1.21 bits per heavy atom. The van der Waals surface area contributed by atoms with Crippen molar-refractivity contribution >= 4 is 51.4 Å². The van der Waals surface area contributed by atoms with Gasteiger partial charge in [-0.25, -0.2) is 9.78 Å². The van der Waals surface area contributed by atoms with Gasteiger partial charge in [0.2, 0.25) is 0 Å². The number of carbonyl (C=O) groups is 2. The minimum atomic E-state index is -1.34. The fraction of sp³-hybridized carbons (Fsp3) is 0.222. The van der Waals surface area contributed by atoms with Gasteiger partial charge in [0.25, 0.3) is 11.5 Å². The molecule has 10 heteroatoms. The summed E-state index contributed by atoms with van der Waals surface area (Å²) in [5.74, 6) is -0.480. The predicted octanol–water partition coefficient (Wildman–Crippen LogP) is 3.34. The smallest absolute Gasteiger partial charge is 0.319 e. The summed E-state index contributed by atoms with van der Waals surface area (Å²) in [6.07, 6.45) is 0. The molecular formula is C18H14Cl2N4O3S. The Hall–Kier alpha value is -2.42. The topological polar surface area (TPSA) is 83.8 Å². The maximum absolute atomic E-state index is 13.1. The Labute approximate surface area is 173 Å². The zero-order chi connectivity index (χ0) is 20.2. The summed E-state index contributed by atoms with van der Waals surface area (Å²) < 4.78 is 1.48. The van der Waals surface area contributed by atoms with E-state index >= 15 is 0 Å². The van der Waals surface area contributed by atoms with E-state index in [-0.39, 0.29) is 17.1 Å². The van der Waals surface area contributed by atoms with Crippen molar-refractivity contribution in [1.29, 1.82) is 0 Å². The van der Waals surface area contributed by atoms with Gasteiger partial charge in [-0.15, -0.1) is 11.3 Å². The molecule has 0 saturated carbocycles. The summed E-state index contributed by atoms with van der Waals surface area (Å²) in [5.41, 5.74) is -0.0332. The summed E-state index contributed by atoms with van der Waals surface area (Å²) >= 11 is 13.5. The largest absolute Gasteiger partial charge is 0.325 e. The van der Waals surface area contributed by atoms with Gasteiger partial charge in [-0.1, -0.05) is 29.3 Å². The van der Waals surface area contributed by atoms with Crippen LogP contribution in [0.4, 0.5) is 4.79 Å². The number of aryl methyl sites for hydroxylation is 1. The fourth-order valence-electron chi connectivity index (χ4n) is 3.26. The molecule has 144 valence electrons. The molecule has 7 nitrogen and oxygen atoms in total. The fourth-order valence-corrected chi connectivity index (χ4v) is 4.75. The Morgan fingerprint density at radius 2 is 1.96 bits per heavy atom. The highest BCUT2D eigenvalue weighted by atomic mass is 35.5. The van der Waals surface area contributed by atoms with Crippen molar-refractivity contribution in [1.82, 2.24) is 19.6 Å². The lowest BCUT2D eigenvalue weighted by atomic mass is 9.92. The molecule has 1 fully saturated rings. The molecule has 0 spiro atoms. The molecule has 3 aromatic rings. The molecule has 1 unspecified atom stereocenters. The quantitative estimate of drug-likeness (QED) is 0.638. The normalized spacial score (nSPS) is 19.5. The van der Waals surface area contributed by atoms with Crippen molar-refractivity contribution in [3.63, 3.8) is 0 Å². The van der Waals surface area contributed by atoms with Crippen molar-refractivity contribution in [2.24, 2.45) is 0 Å². The highest BCUT2D eigenvalue weighted by Gasteiger charge is 2.50. The number of thiazole rings is 1. The third-order valence-electron chi connectivity index (χ3n) is 4.69. The highest BCUT2D eigenvalue weighted by molar-refractivity contribution is 7.15. The third-order valence-corrected chi connectivity index (χ3v) is 6.18. The van der Waals surface area contributed by atoms with E-state index < -0.39 is 17.5 Å². The van der Waals surface area contributed by atoms with Gasteiger partial charge in [0, 0.05) is 32.7 Å². The number of fused-ring (bicyclic) bond motifs is 1. The molecule has 1 saturated heterocycles. The minimum absolute atomic E-state index is 0.117. The number of benzene rings is 1. The summed E-state index contributed by atoms with van der Waals surface area (Å²) in [4.78, 5) is 43.9. The number of aromatic nitrogens is 2. The lowest BCUT2D eigenvalue weighted by molar-refractivity contribution is -0.131. The summed E-state index contributed by atoms with van der Waals surface area (Å²) in [6, 6.07) is 5.48. The van der Waals surface area contributed by atoms with Crippen molar-refractivity contribution in [3.8, 4) is 0 Å². The molecule has 1 aliphatic rings. The third kappa shape index (κ3) is 2.88. The second-order valence-electron chi connectivity index (χ2n) is 6.65. The van der Waals surface area contributed by atoms with E-state index in [2.05, 4.69) is 10.3 Å². The van der Waals surface area contributed by atoms with Crippen LogP contribution < -0.4 is 10.9 Å². The number of amides is 3. The number of hydrogen-bond donors (Lipinski definition) is 1. The number of rotatable bonds is 3. The summed E-state index contributed by atoms with van der Waals surface area (Å²) in [5, 5.41) is 5.21. The predicted molar refractivity (Wildman–Crippen MR) is 107 cm³/mol. The molecule has 0 bridgehead atoms. The molecule has 1 N–H and O–H groups in total. The number of halogens is 2.